The van der Waals surface area contributed by atoms with E-state index >= 15 is 0 Å². The average Bonchev–Trinajstić information content (AvgIpc) is 2.62. The van der Waals surface area contributed by atoms with Gasteiger partial charge in [0.2, 0.25) is 0 Å². The lowest BCUT2D eigenvalue weighted by atomic mass is 10.1. The van der Waals surface area contributed by atoms with Crippen molar-refractivity contribution in [2.24, 2.45) is 0 Å². The minimum absolute atomic E-state index is 0.0843. The van der Waals surface area contributed by atoms with E-state index in [1.165, 1.54) is 4.90 Å². The van der Waals surface area contributed by atoms with Crippen molar-refractivity contribution in [3.05, 3.63) is 59.9 Å². The van der Waals surface area contributed by atoms with E-state index in [9.17, 15) is 13.6 Å². The fourth-order valence-electron chi connectivity index (χ4n) is 2.81. The number of pyridine rings is 1. The summed E-state index contributed by atoms with van der Waals surface area (Å²) >= 11 is 0. The largest absolute Gasteiger partial charge is 0.324 e. The molecule has 132 valence electrons. The van der Waals surface area contributed by atoms with Crippen molar-refractivity contribution < 1.29 is 13.6 Å². The van der Waals surface area contributed by atoms with Gasteiger partial charge < -0.3 is 10.2 Å². The van der Waals surface area contributed by atoms with Gasteiger partial charge in [0.05, 0.1) is 0 Å². The highest BCUT2D eigenvalue weighted by Crippen LogP contribution is 2.27. The molecule has 1 N–H and O–H groups in total. The van der Waals surface area contributed by atoms with Crippen LogP contribution in [0, 0.1) is 0 Å². The Morgan fingerprint density at radius 2 is 1.80 bits per heavy atom. The highest BCUT2D eigenvalue weighted by Gasteiger charge is 2.35. The summed E-state index contributed by atoms with van der Waals surface area (Å²) in [6.07, 6.45) is 2.96. The van der Waals surface area contributed by atoms with E-state index in [2.05, 4.69) is 10.3 Å². The molecule has 3 rings (SSSR count). The van der Waals surface area contributed by atoms with Gasteiger partial charge in [-0.3, -0.25) is 4.98 Å². The van der Waals surface area contributed by atoms with Gasteiger partial charge in [-0.05, 0) is 42.7 Å². The van der Waals surface area contributed by atoms with Crippen molar-refractivity contribution in [3.8, 4) is 0 Å². The van der Waals surface area contributed by atoms with Gasteiger partial charge in [0.1, 0.15) is 0 Å². The third-order valence-electron chi connectivity index (χ3n) is 4.38. The van der Waals surface area contributed by atoms with Crippen LogP contribution in [0.4, 0.5) is 19.3 Å². The number of benzene rings is 1. The fourth-order valence-corrected chi connectivity index (χ4v) is 2.81. The summed E-state index contributed by atoms with van der Waals surface area (Å²) in [6, 6.07) is 13.1. The van der Waals surface area contributed by atoms with Gasteiger partial charge in [-0.1, -0.05) is 18.2 Å². The normalized spacial score (nSPS) is 16.5. The number of likely N-dealkylation sites (tertiary alicyclic amines) is 1. The van der Waals surface area contributed by atoms with Crippen molar-refractivity contribution in [2.45, 2.75) is 31.6 Å². The summed E-state index contributed by atoms with van der Waals surface area (Å²) < 4.78 is 26.3. The summed E-state index contributed by atoms with van der Waals surface area (Å²) in [6.45, 7) is 0.169. The van der Waals surface area contributed by atoms with Gasteiger partial charge in [-0.25, -0.2) is 13.6 Å². The molecule has 0 bridgehead atoms. The second-order valence-electron chi connectivity index (χ2n) is 6.29. The van der Waals surface area contributed by atoms with Crippen LogP contribution in [0.25, 0.3) is 0 Å². The number of rotatable bonds is 4. The number of carbonyl (C=O) groups excluding carboxylic acids is 1. The molecule has 0 atom stereocenters. The number of amides is 2. The number of urea groups is 1. The Morgan fingerprint density at radius 3 is 2.44 bits per heavy atom. The van der Waals surface area contributed by atoms with Gasteiger partial charge in [0.15, 0.2) is 0 Å². The molecule has 0 spiro atoms. The van der Waals surface area contributed by atoms with Crippen LogP contribution in [0.15, 0.2) is 48.7 Å². The first-order valence-corrected chi connectivity index (χ1v) is 8.44. The predicted molar refractivity (Wildman–Crippen MR) is 92.9 cm³/mol. The molecule has 0 unspecified atom stereocenters. The van der Waals surface area contributed by atoms with Gasteiger partial charge in [-0.15, -0.1) is 0 Å². The number of alkyl halides is 2. The van der Waals surface area contributed by atoms with Crippen molar-refractivity contribution in [2.75, 3.05) is 18.4 Å². The topological polar surface area (TPSA) is 45.2 Å². The zero-order valence-corrected chi connectivity index (χ0v) is 13.9. The van der Waals surface area contributed by atoms with Gasteiger partial charge >= 0.3 is 6.03 Å². The van der Waals surface area contributed by atoms with Crippen LogP contribution >= 0.6 is 0 Å². The van der Waals surface area contributed by atoms with E-state index in [0.29, 0.717) is 5.69 Å². The van der Waals surface area contributed by atoms with Crippen LogP contribution in [-0.4, -0.2) is 34.9 Å². The van der Waals surface area contributed by atoms with Crippen LogP contribution in [0.1, 0.15) is 24.1 Å². The van der Waals surface area contributed by atoms with Crippen molar-refractivity contribution >= 4 is 11.7 Å². The van der Waals surface area contributed by atoms with Crippen LogP contribution in [0.5, 0.6) is 0 Å². The second kappa shape index (κ2) is 7.59. The Hall–Kier alpha value is -2.50. The molecule has 0 saturated carbocycles. The number of piperidine rings is 1. The molecule has 1 fully saturated rings. The maximum Gasteiger partial charge on any atom is 0.321 e. The third-order valence-corrected chi connectivity index (χ3v) is 4.38. The van der Waals surface area contributed by atoms with E-state index in [1.807, 2.05) is 42.5 Å². The molecule has 2 heterocycles. The number of hydrogen-bond donors (Lipinski definition) is 1. The van der Waals surface area contributed by atoms with Crippen molar-refractivity contribution in [1.29, 1.82) is 0 Å². The maximum absolute atomic E-state index is 13.1. The Kier molecular flexibility index (Phi) is 5.26. The Bertz CT molecular complexity index is 694. The highest BCUT2D eigenvalue weighted by atomic mass is 19.3. The smallest absolute Gasteiger partial charge is 0.321 e. The lowest BCUT2D eigenvalue weighted by Crippen LogP contribution is -2.44. The zero-order valence-electron chi connectivity index (χ0n) is 13.9. The maximum atomic E-state index is 13.1. The molecule has 2 amide bonds. The quantitative estimate of drug-likeness (QED) is 0.905. The Morgan fingerprint density at radius 1 is 1.08 bits per heavy atom. The third kappa shape index (κ3) is 4.98. The number of halogens is 2. The van der Waals surface area contributed by atoms with E-state index in [0.717, 1.165) is 24.1 Å². The molecular formula is C19H21F2N3O. The summed E-state index contributed by atoms with van der Waals surface area (Å²) in [5.74, 6) is -2.65. The van der Waals surface area contributed by atoms with E-state index in [4.69, 9.17) is 0 Å². The first kappa shape index (κ1) is 17.3. The molecule has 2 aromatic rings. The van der Waals surface area contributed by atoms with Crippen LogP contribution in [0.3, 0.4) is 0 Å². The molecule has 4 nitrogen and oxygen atoms in total. The second-order valence-corrected chi connectivity index (χ2v) is 6.29. The van der Waals surface area contributed by atoms with Gasteiger partial charge in [-0.2, -0.15) is 0 Å². The minimum Gasteiger partial charge on any atom is -0.324 e. The monoisotopic (exact) mass is 345 g/mol. The fraction of sp³-hybridized carbons (Fsp3) is 0.368. The summed E-state index contributed by atoms with van der Waals surface area (Å²) in [7, 11) is 0. The molecular weight excluding hydrogens is 324 g/mol. The summed E-state index contributed by atoms with van der Waals surface area (Å²) in [5.41, 5.74) is 2.87. The van der Waals surface area contributed by atoms with Crippen LogP contribution in [-0.2, 0) is 12.8 Å². The first-order valence-electron chi connectivity index (χ1n) is 8.44. The van der Waals surface area contributed by atoms with Gasteiger partial charge in [0.25, 0.3) is 5.92 Å². The molecule has 0 aliphatic carbocycles. The standard InChI is InChI=1S/C19H21F2N3O/c20-19(21)10-13-24(14-11-19)18(25)23-17-8-5-15(6-9-17)4-7-16-3-1-2-12-22-16/h1-3,5-6,8-9,12H,4,7,10-11,13-14H2,(H,23,25). The molecule has 1 aromatic heterocycles. The molecule has 6 heteroatoms. The lowest BCUT2D eigenvalue weighted by Gasteiger charge is -2.31. The minimum atomic E-state index is -2.65. The number of aryl methyl sites for hydroxylation is 2. The molecule has 1 saturated heterocycles. The molecule has 1 aromatic carbocycles. The Labute approximate surface area is 145 Å². The van der Waals surface area contributed by atoms with Crippen molar-refractivity contribution in [1.82, 2.24) is 9.88 Å². The summed E-state index contributed by atoms with van der Waals surface area (Å²) in [5, 5.41) is 2.77. The van der Waals surface area contributed by atoms with Crippen LogP contribution < -0.4 is 5.32 Å². The van der Waals surface area contributed by atoms with E-state index in [1.54, 1.807) is 6.20 Å². The van der Waals surface area contributed by atoms with Crippen LogP contribution in [0.2, 0.25) is 0 Å². The Balaban J connectivity index is 1.50. The molecule has 25 heavy (non-hydrogen) atoms. The number of anilines is 1. The van der Waals surface area contributed by atoms with E-state index in [-0.39, 0.29) is 32.0 Å². The van der Waals surface area contributed by atoms with E-state index < -0.39 is 5.92 Å². The summed E-state index contributed by atoms with van der Waals surface area (Å²) in [4.78, 5) is 17.9. The van der Waals surface area contributed by atoms with Crippen molar-refractivity contribution in [3.63, 3.8) is 0 Å². The number of nitrogens with one attached hydrogen (secondary N) is 1. The zero-order chi connectivity index (χ0) is 17.7. The first-order chi connectivity index (χ1) is 12.0. The highest BCUT2D eigenvalue weighted by molar-refractivity contribution is 5.89. The molecule has 1 aliphatic rings. The molecule has 1 aliphatic heterocycles. The number of hydrogen-bond acceptors (Lipinski definition) is 2. The number of aromatic nitrogens is 1. The lowest BCUT2D eigenvalue weighted by molar-refractivity contribution is -0.0461. The number of nitrogens with zero attached hydrogens (tertiary/aromatic N) is 2. The molecule has 0 radical (unpaired) electrons. The average molecular weight is 345 g/mol. The predicted octanol–water partition coefficient (Wildman–Crippen LogP) is 4.13. The number of carbonyl (C=O) groups is 1. The van der Waals surface area contributed by atoms with Gasteiger partial charge in [0, 0.05) is 43.5 Å². The SMILES string of the molecule is O=C(Nc1ccc(CCc2ccccn2)cc1)N1CCC(F)(F)CC1.